The summed E-state index contributed by atoms with van der Waals surface area (Å²) in [6.07, 6.45) is 3.29. The Balaban J connectivity index is 2.08. The van der Waals surface area contributed by atoms with Gasteiger partial charge in [-0.2, -0.15) is 0 Å². The first-order valence-electron chi connectivity index (χ1n) is 6.80. The van der Waals surface area contributed by atoms with E-state index in [-0.39, 0.29) is 5.41 Å². The van der Waals surface area contributed by atoms with E-state index >= 15 is 0 Å². The van der Waals surface area contributed by atoms with Crippen molar-refractivity contribution in [2.24, 2.45) is 5.41 Å². The third kappa shape index (κ3) is 3.47. The van der Waals surface area contributed by atoms with E-state index in [0.717, 1.165) is 39.1 Å². The highest BCUT2D eigenvalue weighted by molar-refractivity contribution is 5.28. The highest BCUT2D eigenvalue weighted by Gasteiger charge is 2.32. The average molecular weight is 249 g/mol. The molecule has 0 saturated carbocycles. The molecule has 2 rings (SSSR count). The normalized spacial score (nSPS) is 24.1. The Morgan fingerprint density at radius 1 is 1.44 bits per heavy atom. The molecule has 0 radical (unpaired) electrons. The Hall–Kier alpha value is -1.06. The van der Waals surface area contributed by atoms with Gasteiger partial charge in [0.25, 0.3) is 0 Å². The van der Waals surface area contributed by atoms with Gasteiger partial charge in [-0.1, -0.05) is 19.1 Å². The van der Waals surface area contributed by atoms with Crippen LogP contribution in [-0.2, 0) is 11.2 Å². The van der Waals surface area contributed by atoms with Gasteiger partial charge < -0.3 is 15.2 Å². The third-order valence-electron chi connectivity index (χ3n) is 3.64. The number of aromatic hydroxyl groups is 1. The second-order valence-electron chi connectivity index (χ2n) is 5.28. The molecule has 0 bridgehead atoms. The molecular formula is C15H23NO2. The van der Waals surface area contributed by atoms with Crippen LogP contribution in [0.25, 0.3) is 0 Å². The van der Waals surface area contributed by atoms with E-state index in [9.17, 15) is 5.11 Å². The highest BCUT2D eigenvalue weighted by atomic mass is 16.5. The van der Waals surface area contributed by atoms with Crippen molar-refractivity contribution in [1.29, 1.82) is 0 Å². The quantitative estimate of drug-likeness (QED) is 0.841. The van der Waals surface area contributed by atoms with Crippen molar-refractivity contribution >= 4 is 0 Å². The fourth-order valence-corrected chi connectivity index (χ4v) is 2.74. The zero-order chi connectivity index (χ0) is 12.8. The summed E-state index contributed by atoms with van der Waals surface area (Å²) in [5.41, 5.74) is 1.38. The summed E-state index contributed by atoms with van der Waals surface area (Å²) >= 11 is 0. The van der Waals surface area contributed by atoms with Crippen LogP contribution >= 0.6 is 0 Å². The summed E-state index contributed by atoms with van der Waals surface area (Å²) in [4.78, 5) is 0. The van der Waals surface area contributed by atoms with E-state index < -0.39 is 0 Å². The maximum Gasteiger partial charge on any atom is 0.115 e. The number of nitrogens with one attached hydrogen (secondary N) is 1. The Kier molecular flexibility index (Phi) is 4.61. The molecule has 3 heteroatoms. The van der Waals surface area contributed by atoms with Crippen LogP contribution in [0.5, 0.6) is 5.75 Å². The van der Waals surface area contributed by atoms with Crippen molar-refractivity contribution in [3.63, 3.8) is 0 Å². The van der Waals surface area contributed by atoms with Crippen molar-refractivity contribution in [3.05, 3.63) is 29.8 Å². The third-order valence-corrected chi connectivity index (χ3v) is 3.64. The molecule has 100 valence electrons. The lowest BCUT2D eigenvalue weighted by atomic mass is 9.77. The minimum Gasteiger partial charge on any atom is -0.508 e. The largest absolute Gasteiger partial charge is 0.508 e. The van der Waals surface area contributed by atoms with Crippen molar-refractivity contribution in [2.75, 3.05) is 26.3 Å². The van der Waals surface area contributed by atoms with Gasteiger partial charge in [0.15, 0.2) is 0 Å². The molecular weight excluding hydrogens is 226 g/mol. The lowest BCUT2D eigenvalue weighted by Crippen LogP contribution is -2.42. The van der Waals surface area contributed by atoms with Crippen LogP contribution in [0.3, 0.4) is 0 Å². The molecule has 1 aliphatic rings. The van der Waals surface area contributed by atoms with Gasteiger partial charge in [0.1, 0.15) is 5.75 Å². The molecule has 3 nitrogen and oxygen atoms in total. The summed E-state index contributed by atoms with van der Waals surface area (Å²) in [6.45, 7) is 5.80. The number of phenolic OH excluding ortho intramolecular Hbond substituents is 1. The average Bonchev–Trinajstić information content (AvgIpc) is 2.38. The lowest BCUT2D eigenvalue weighted by Gasteiger charge is -2.37. The minimum absolute atomic E-state index is 0.183. The highest BCUT2D eigenvalue weighted by Crippen LogP contribution is 2.32. The van der Waals surface area contributed by atoms with Crippen molar-refractivity contribution < 1.29 is 9.84 Å². The van der Waals surface area contributed by atoms with Gasteiger partial charge in [0.05, 0.1) is 6.61 Å². The number of phenols is 1. The van der Waals surface area contributed by atoms with E-state index in [2.05, 4.69) is 18.3 Å². The summed E-state index contributed by atoms with van der Waals surface area (Å²) in [6, 6.07) is 7.58. The van der Waals surface area contributed by atoms with Gasteiger partial charge in [-0.15, -0.1) is 0 Å². The SMILES string of the molecule is CCNCC1(Cc2cccc(O)c2)CCCOC1. The Morgan fingerprint density at radius 3 is 3.00 bits per heavy atom. The maximum absolute atomic E-state index is 9.56. The van der Waals surface area contributed by atoms with E-state index in [4.69, 9.17) is 4.74 Å². The molecule has 18 heavy (non-hydrogen) atoms. The molecule has 1 aromatic carbocycles. The summed E-state index contributed by atoms with van der Waals surface area (Å²) in [5, 5.41) is 13.0. The van der Waals surface area contributed by atoms with Crippen LogP contribution in [0, 0.1) is 5.41 Å². The van der Waals surface area contributed by atoms with Crippen LogP contribution in [0.1, 0.15) is 25.3 Å². The van der Waals surface area contributed by atoms with Crippen molar-refractivity contribution in [2.45, 2.75) is 26.2 Å². The number of benzene rings is 1. The van der Waals surface area contributed by atoms with E-state index in [1.165, 1.54) is 12.0 Å². The fraction of sp³-hybridized carbons (Fsp3) is 0.600. The summed E-state index contributed by atoms with van der Waals surface area (Å²) in [5.74, 6) is 0.350. The zero-order valence-electron chi connectivity index (χ0n) is 11.1. The summed E-state index contributed by atoms with van der Waals surface area (Å²) < 4.78 is 5.68. The first-order valence-corrected chi connectivity index (χ1v) is 6.80. The van der Waals surface area contributed by atoms with Gasteiger partial charge in [0, 0.05) is 18.6 Å². The molecule has 0 aliphatic carbocycles. The molecule has 0 spiro atoms. The lowest BCUT2D eigenvalue weighted by molar-refractivity contribution is -0.00692. The van der Waals surface area contributed by atoms with Gasteiger partial charge in [-0.25, -0.2) is 0 Å². The predicted molar refractivity (Wildman–Crippen MR) is 72.8 cm³/mol. The Labute approximate surface area is 109 Å². The van der Waals surface area contributed by atoms with Crippen LogP contribution in [0.15, 0.2) is 24.3 Å². The first kappa shape index (κ1) is 13.4. The van der Waals surface area contributed by atoms with Crippen molar-refractivity contribution in [3.8, 4) is 5.75 Å². The second-order valence-corrected chi connectivity index (χ2v) is 5.28. The molecule has 1 atom stereocenters. The van der Waals surface area contributed by atoms with Crippen LogP contribution in [0.4, 0.5) is 0 Å². The van der Waals surface area contributed by atoms with Gasteiger partial charge in [0.2, 0.25) is 0 Å². The zero-order valence-corrected chi connectivity index (χ0v) is 11.1. The standard InChI is InChI=1S/C15H23NO2/c1-2-16-11-15(7-4-8-18-12-15)10-13-5-3-6-14(17)9-13/h3,5-6,9,16-17H,2,4,7-8,10-12H2,1H3. The number of hydrogen-bond acceptors (Lipinski definition) is 3. The number of rotatable bonds is 5. The second kappa shape index (κ2) is 6.21. The molecule has 1 aliphatic heterocycles. The fourth-order valence-electron chi connectivity index (χ4n) is 2.74. The van der Waals surface area contributed by atoms with Gasteiger partial charge in [-0.3, -0.25) is 0 Å². The monoisotopic (exact) mass is 249 g/mol. The van der Waals surface area contributed by atoms with E-state index in [0.29, 0.717) is 5.75 Å². The molecule has 1 unspecified atom stereocenters. The molecule has 1 saturated heterocycles. The van der Waals surface area contributed by atoms with Crippen molar-refractivity contribution in [1.82, 2.24) is 5.32 Å². The van der Waals surface area contributed by atoms with Crippen LogP contribution in [-0.4, -0.2) is 31.4 Å². The smallest absolute Gasteiger partial charge is 0.115 e. The Morgan fingerprint density at radius 2 is 2.33 bits per heavy atom. The van der Waals surface area contributed by atoms with Crippen LogP contribution in [0.2, 0.25) is 0 Å². The minimum atomic E-state index is 0.183. The number of hydrogen-bond donors (Lipinski definition) is 2. The molecule has 1 heterocycles. The van der Waals surface area contributed by atoms with E-state index in [1.807, 2.05) is 12.1 Å². The molecule has 1 fully saturated rings. The first-order chi connectivity index (χ1) is 8.74. The van der Waals surface area contributed by atoms with E-state index in [1.54, 1.807) is 6.07 Å². The molecule has 0 aromatic heterocycles. The topological polar surface area (TPSA) is 41.5 Å². The predicted octanol–water partition coefficient (Wildman–Crippen LogP) is 2.34. The Bertz CT molecular complexity index is 373. The molecule has 1 aromatic rings. The maximum atomic E-state index is 9.56. The van der Waals surface area contributed by atoms with Gasteiger partial charge >= 0.3 is 0 Å². The molecule has 2 N–H and O–H groups in total. The number of ether oxygens (including phenoxy) is 1. The van der Waals surface area contributed by atoms with Gasteiger partial charge in [-0.05, 0) is 43.5 Å². The summed E-state index contributed by atoms with van der Waals surface area (Å²) in [7, 11) is 0. The molecule has 0 amide bonds. The van der Waals surface area contributed by atoms with Crippen LogP contribution < -0.4 is 5.32 Å².